The molecule has 3 aromatic rings. The fourth-order valence-corrected chi connectivity index (χ4v) is 5.05. The number of alkyl halides is 3. The molecule has 12 nitrogen and oxygen atoms in total. The monoisotopic (exact) mass is 640 g/mol. The lowest BCUT2D eigenvalue weighted by Crippen LogP contribution is -2.45. The van der Waals surface area contributed by atoms with Crippen molar-refractivity contribution in [1.82, 2.24) is 9.45 Å². The molecule has 1 heterocycles. The first kappa shape index (κ1) is 34.1. The summed E-state index contributed by atoms with van der Waals surface area (Å²) in [6.07, 6.45) is -3.47. The van der Waals surface area contributed by atoms with Gasteiger partial charge in [-0.25, -0.2) is 8.42 Å². The summed E-state index contributed by atoms with van der Waals surface area (Å²) in [5.74, 6) is -1.13. The molecule has 1 unspecified atom stereocenters. The lowest BCUT2D eigenvalue weighted by Gasteiger charge is -2.25. The molecule has 2 aromatic carbocycles. The van der Waals surface area contributed by atoms with Gasteiger partial charge in [0.2, 0.25) is 10.0 Å². The molecule has 44 heavy (non-hydrogen) atoms. The average molecular weight is 641 g/mol. The maximum Gasteiger partial charge on any atom is 0.416 e. The van der Waals surface area contributed by atoms with Crippen LogP contribution in [0.1, 0.15) is 38.3 Å². The normalized spacial score (nSPS) is 13.4. The highest BCUT2D eigenvalue weighted by Gasteiger charge is 2.34. The van der Waals surface area contributed by atoms with Crippen molar-refractivity contribution < 1.29 is 46.0 Å². The maximum atomic E-state index is 13.2. The van der Waals surface area contributed by atoms with E-state index in [2.05, 4.69) is 9.71 Å². The summed E-state index contributed by atoms with van der Waals surface area (Å²) in [6.45, 7) is 4.90. The zero-order valence-electron chi connectivity index (χ0n) is 23.9. The van der Waals surface area contributed by atoms with Gasteiger partial charge in [0.25, 0.3) is 0 Å². The van der Waals surface area contributed by atoms with Crippen molar-refractivity contribution in [2.75, 3.05) is 13.2 Å². The van der Waals surface area contributed by atoms with E-state index in [1.165, 1.54) is 39.1 Å². The summed E-state index contributed by atoms with van der Waals surface area (Å²) in [4.78, 5) is 27.5. The van der Waals surface area contributed by atoms with E-state index in [0.29, 0.717) is 24.0 Å². The molecule has 1 atom stereocenters. The Morgan fingerprint density at radius 2 is 1.84 bits per heavy atom. The molecule has 0 spiro atoms. The second-order valence-corrected chi connectivity index (χ2v) is 12.2. The Hall–Kier alpha value is -4.44. The number of hydrogen-bond donors (Lipinski definition) is 2. The molecule has 0 aliphatic rings. The number of rotatable bonds is 12. The third kappa shape index (κ3) is 9.80. The Morgan fingerprint density at radius 3 is 2.48 bits per heavy atom. The van der Waals surface area contributed by atoms with Crippen molar-refractivity contribution in [3.05, 3.63) is 93.6 Å². The largest absolute Gasteiger partial charge is 0.487 e. The Kier molecular flexibility index (Phi) is 10.8. The number of hydrogen-bond acceptors (Lipinski definition) is 9. The fraction of sp³-hybridized carbons (Fsp3) is 0.357. The van der Waals surface area contributed by atoms with Gasteiger partial charge < -0.3 is 14.7 Å². The van der Waals surface area contributed by atoms with E-state index in [4.69, 9.17) is 9.47 Å². The van der Waals surface area contributed by atoms with E-state index in [1.54, 1.807) is 18.2 Å². The van der Waals surface area contributed by atoms with E-state index < -0.39 is 61.3 Å². The number of benzene rings is 2. The number of halogens is 3. The first-order valence-corrected chi connectivity index (χ1v) is 14.6. The smallest absolute Gasteiger partial charge is 0.416 e. The first-order chi connectivity index (χ1) is 20.5. The molecule has 0 saturated carbocycles. The molecule has 0 aliphatic heterocycles. The highest BCUT2D eigenvalue weighted by Crippen LogP contribution is 2.31. The summed E-state index contributed by atoms with van der Waals surface area (Å²) < 4.78 is 79.5. The molecule has 0 fully saturated rings. The topological polar surface area (TPSA) is 162 Å². The molecule has 0 amide bonds. The van der Waals surface area contributed by atoms with Crippen molar-refractivity contribution in [3.8, 4) is 5.75 Å². The van der Waals surface area contributed by atoms with Crippen LogP contribution in [0.25, 0.3) is 0 Å². The molecule has 2 N–H and O–H groups in total. The zero-order valence-corrected chi connectivity index (χ0v) is 24.8. The summed E-state index contributed by atoms with van der Waals surface area (Å²) in [5.41, 5.74) is -2.25. The van der Waals surface area contributed by atoms with Crippen LogP contribution in [0.3, 0.4) is 0 Å². The molecule has 16 heteroatoms. The van der Waals surface area contributed by atoms with Crippen LogP contribution >= 0.6 is 0 Å². The third-order valence-corrected chi connectivity index (χ3v) is 7.24. The molecule has 238 valence electrons. The van der Waals surface area contributed by atoms with E-state index in [9.17, 15) is 41.7 Å². The number of sulfonamides is 1. The van der Waals surface area contributed by atoms with Crippen LogP contribution in [0, 0.1) is 10.1 Å². The van der Waals surface area contributed by atoms with Gasteiger partial charge in [0.1, 0.15) is 11.6 Å². The molecule has 1 aromatic heterocycles. The fourth-order valence-electron chi connectivity index (χ4n) is 3.82. The number of nitro benzene ring substituents is 1. The second-order valence-electron chi connectivity index (χ2n) is 10.5. The first-order valence-electron chi connectivity index (χ1n) is 13.2. The van der Waals surface area contributed by atoms with Crippen molar-refractivity contribution in [1.29, 1.82) is 0 Å². The minimum Gasteiger partial charge on any atom is -0.487 e. The van der Waals surface area contributed by atoms with Crippen LogP contribution in [0.15, 0.2) is 76.7 Å². The lowest BCUT2D eigenvalue weighted by molar-refractivity contribution is -0.385. The highest BCUT2D eigenvalue weighted by molar-refractivity contribution is 7.89. The molecular weight excluding hydrogens is 609 g/mol. The number of pyridine rings is 1. The number of carbonyl (C=O) groups is 1. The molecule has 0 saturated heterocycles. The zero-order chi connectivity index (χ0) is 32.7. The molecular formula is C28H31F3N4O8S. The van der Waals surface area contributed by atoms with Crippen LogP contribution < -0.4 is 14.9 Å². The Balaban J connectivity index is 1.81. The van der Waals surface area contributed by atoms with Crippen molar-refractivity contribution in [2.45, 2.75) is 56.3 Å². The summed E-state index contributed by atoms with van der Waals surface area (Å²) in [5, 5.41) is 21.5. The minimum absolute atomic E-state index is 0.0409. The standard InChI is InChI=1S/C28H31F3N4O8S/c1-27(2,3)43-26(36)22(33-44(40,41)21-9-6-8-20(18-21)28(29,30)31)16-19-11-12-24(23(17-19)35(38)39)42-15-7-13-32-25-10-4-5-14-34(25)37/h4-6,8-12,14,17-18,22,33,37H,7,13,15-16H2,1-3H3. The van der Waals surface area contributed by atoms with E-state index in [0.717, 1.165) is 22.9 Å². The van der Waals surface area contributed by atoms with E-state index in [1.807, 2.05) is 0 Å². The molecule has 0 bridgehead atoms. The highest BCUT2D eigenvalue weighted by atomic mass is 32.2. The Bertz CT molecular complexity index is 1670. The van der Waals surface area contributed by atoms with Gasteiger partial charge in [-0.1, -0.05) is 18.2 Å². The number of nitro groups is 1. The maximum absolute atomic E-state index is 13.2. The predicted octanol–water partition coefficient (Wildman–Crippen LogP) is 4.25. The number of esters is 1. The predicted molar refractivity (Wildman–Crippen MR) is 150 cm³/mol. The van der Waals surface area contributed by atoms with Crippen molar-refractivity contribution in [3.63, 3.8) is 0 Å². The van der Waals surface area contributed by atoms with E-state index in [-0.39, 0.29) is 24.5 Å². The summed E-state index contributed by atoms with van der Waals surface area (Å²) >= 11 is 0. The van der Waals surface area contributed by atoms with Crippen molar-refractivity contribution >= 4 is 21.7 Å². The van der Waals surface area contributed by atoms with Crippen LogP contribution in [0.4, 0.5) is 18.9 Å². The van der Waals surface area contributed by atoms with Crippen molar-refractivity contribution in [2.24, 2.45) is 4.99 Å². The van der Waals surface area contributed by atoms with Crippen LogP contribution in [0.2, 0.25) is 0 Å². The van der Waals surface area contributed by atoms with Gasteiger partial charge in [-0.2, -0.15) is 22.6 Å². The molecule has 0 radical (unpaired) electrons. The number of nitrogens with one attached hydrogen (secondary N) is 1. The summed E-state index contributed by atoms with van der Waals surface area (Å²) in [6, 6.07) is 10.0. The van der Waals surface area contributed by atoms with Crippen LogP contribution in [0.5, 0.6) is 5.75 Å². The number of carbonyl (C=O) groups excluding carboxylic acids is 1. The number of nitrogens with zero attached hydrogens (tertiary/aromatic N) is 3. The molecule has 0 aliphatic carbocycles. The second kappa shape index (κ2) is 13.9. The Labute approximate surface area is 250 Å². The van der Waals surface area contributed by atoms with Gasteiger partial charge in [-0.15, -0.1) is 0 Å². The SMILES string of the molecule is CC(C)(C)OC(=O)C(Cc1ccc(OCCCN=c2ccccn2O)c([N+](=O)[O-])c1)NS(=O)(=O)c1cccc(C(F)(F)F)c1. The Morgan fingerprint density at radius 1 is 1.11 bits per heavy atom. The lowest BCUT2D eigenvalue weighted by atomic mass is 10.0. The van der Waals surface area contributed by atoms with E-state index >= 15 is 0 Å². The number of aromatic nitrogens is 1. The average Bonchev–Trinajstić information content (AvgIpc) is 2.92. The van der Waals surface area contributed by atoms with Crippen LogP contribution in [-0.4, -0.2) is 54.0 Å². The van der Waals surface area contributed by atoms with Gasteiger partial charge in [0.05, 0.1) is 22.0 Å². The van der Waals surface area contributed by atoms with Gasteiger partial charge in [0, 0.05) is 25.2 Å². The third-order valence-electron chi connectivity index (χ3n) is 5.77. The minimum atomic E-state index is -4.81. The van der Waals surface area contributed by atoms with Gasteiger partial charge in [0.15, 0.2) is 11.2 Å². The van der Waals surface area contributed by atoms with Gasteiger partial charge in [-0.3, -0.25) is 19.9 Å². The van der Waals surface area contributed by atoms with Crippen LogP contribution in [-0.2, 0) is 32.2 Å². The number of ether oxygens (including phenoxy) is 2. The molecule has 3 rings (SSSR count). The quantitative estimate of drug-likeness (QED) is 0.0976. The van der Waals surface area contributed by atoms with Gasteiger partial charge in [-0.05, 0) is 69.2 Å². The summed E-state index contributed by atoms with van der Waals surface area (Å²) in [7, 11) is -4.67. The van der Waals surface area contributed by atoms with Gasteiger partial charge >= 0.3 is 17.8 Å².